The summed E-state index contributed by atoms with van der Waals surface area (Å²) in [6.45, 7) is 16.6. The molecule has 0 fully saturated rings. The minimum Gasteiger partial charge on any atom is -0.377 e. The van der Waals surface area contributed by atoms with E-state index in [0.29, 0.717) is 6.61 Å². The van der Waals surface area contributed by atoms with Crippen LogP contribution in [0.15, 0.2) is 24.3 Å². The van der Waals surface area contributed by atoms with Gasteiger partial charge < -0.3 is 9.64 Å². The molecule has 1 aromatic carbocycles. The summed E-state index contributed by atoms with van der Waals surface area (Å²) in [7, 11) is -1.08. The van der Waals surface area contributed by atoms with Gasteiger partial charge in [0.25, 0.3) is 5.91 Å². The van der Waals surface area contributed by atoms with Gasteiger partial charge in [-0.25, -0.2) is 0 Å². The predicted molar refractivity (Wildman–Crippen MR) is 101 cm³/mol. The molecule has 23 heavy (non-hydrogen) atoms. The van der Waals surface area contributed by atoms with Gasteiger partial charge in [-0.3, -0.25) is 4.79 Å². The van der Waals surface area contributed by atoms with Crippen molar-refractivity contribution in [1.82, 2.24) is 4.90 Å². The van der Waals surface area contributed by atoms with Crippen LogP contribution in [0.2, 0.25) is 25.7 Å². The third kappa shape index (κ3) is 6.48. The van der Waals surface area contributed by atoms with Crippen molar-refractivity contribution in [1.29, 1.82) is 0 Å². The molecule has 130 valence electrons. The number of nitrogens with zero attached hydrogens (tertiary/aromatic N) is 1. The van der Waals surface area contributed by atoms with E-state index in [9.17, 15) is 4.79 Å². The molecule has 0 aliphatic heterocycles. The van der Waals surface area contributed by atoms with Crippen molar-refractivity contribution in [3.8, 4) is 0 Å². The quantitative estimate of drug-likeness (QED) is 0.504. The maximum absolute atomic E-state index is 12.9. The topological polar surface area (TPSA) is 29.5 Å². The average molecular weight is 336 g/mol. The predicted octanol–water partition coefficient (Wildman–Crippen LogP) is 4.80. The van der Waals surface area contributed by atoms with Crippen LogP contribution in [0.25, 0.3) is 0 Å². The van der Waals surface area contributed by atoms with Crippen LogP contribution in [0.1, 0.15) is 43.6 Å². The fourth-order valence-corrected chi connectivity index (χ4v) is 3.38. The number of hydrogen-bond donors (Lipinski definition) is 0. The Bertz CT molecular complexity index is 498. The van der Waals surface area contributed by atoms with Crippen LogP contribution in [-0.2, 0) is 11.3 Å². The summed E-state index contributed by atoms with van der Waals surface area (Å²) in [6.07, 6.45) is 0. The molecule has 0 aliphatic rings. The Kier molecular flexibility index (Phi) is 7.48. The van der Waals surface area contributed by atoms with Crippen molar-refractivity contribution < 1.29 is 9.53 Å². The second-order valence-corrected chi connectivity index (χ2v) is 13.5. The highest BCUT2D eigenvalue weighted by molar-refractivity contribution is 6.76. The first-order valence-electron chi connectivity index (χ1n) is 8.62. The van der Waals surface area contributed by atoms with Crippen LogP contribution in [-0.4, -0.2) is 37.6 Å². The Morgan fingerprint density at radius 3 is 2.17 bits per heavy atom. The zero-order valence-corrected chi connectivity index (χ0v) is 16.8. The van der Waals surface area contributed by atoms with E-state index in [2.05, 4.69) is 47.3 Å². The molecule has 0 saturated carbocycles. The largest absolute Gasteiger partial charge is 0.377 e. The molecule has 4 heteroatoms. The molecule has 1 aromatic rings. The fourth-order valence-electron chi connectivity index (χ4n) is 2.62. The standard InChI is InChI=1S/C19H33NO2Si/c1-15(2)20(16(3)4)19(21)18-11-9-8-10-17(18)14-22-12-13-23(5,6)7/h8-11,15-16H,12-14H2,1-7H3. The summed E-state index contributed by atoms with van der Waals surface area (Å²) in [4.78, 5) is 14.8. The second-order valence-electron chi connectivity index (χ2n) is 7.92. The van der Waals surface area contributed by atoms with E-state index < -0.39 is 8.07 Å². The molecule has 0 radical (unpaired) electrons. The summed E-state index contributed by atoms with van der Waals surface area (Å²) < 4.78 is 5.85. The molecule has 0 atom stereocenters. The highest BCUT2D eigenvalue weighted by Crippen LogP contribution is 2.17. The van der Waals surface area contributed by atoms with Crippen molar-refractivity contribution in [2.75, 3.05) is 6.61 Å². The first kappa shape index (κ1) is 19.9. The van der Waals surface area contributed by atoms with E-state index in [4.69, 9.17) is 4.74 Å². The number of ether oxygens (including phenoxy) is 1. The minimum absolute atomic E-state index is 0.0967. The van der Waals surface area contributed by atoms with Crippen LogP contribution in [0.5, 0.6) is 0 Å². The fraction of sp³-hybridized carbons (Fsp3) is 0.632. The zero-order valence-electron chi connectivity index (χ0n) is 15.8. The Hall–Kier alpha value is -1.13. The lowest BCUT2D eigenvalue weighted by molar-refractivity contribution is 0.0636. The molecule has 1 amide bonds. The lowest BCUT2D eigenvalue weighted by Gasteiger charge is -2.31. The van der Waals surface area contributed by atoms with Crippen molar-refractivity contribution in [2.45, 2.75) is 72.1 Å². The molecule has 0 heterocycles. The number of hydrogen-bond acceptors (Lipinski definition) is 2. The van der Waals surface area contributed by atoms with Crippen molar-refractivity contribution >= 4 is 14.0 Å². The lowest BCUT2D eigenvalue weighted by Crippen LogP contribution is -2.42. The van der Waals surface area contributed by atoms with Crippen LogP contribution in [0.4, 0.5) is 0 Å². The van der Waals surface area contributed by atoms with Crippen molar-refractivity contribution in [3.63, 3.8) is 0 Å². The third-order valence-electron chi connectivity index (χ3n) is 3.85. The number of rotatable bonds is 8. The van der Waals surface area contributed by atoms with Gasteiger partial charge in [0.05, 0.1) is 6.61 Å². The van der Waals surface area contributed by atoms with E-state index in [1.165, 1.54) is 0 Å². The maximum Gasteiger partial charge on any atom is 0.254 e. The minimum atomic E-state index is -1.08. The van der Waals surface area contributed by atoms with Crippen molar-refractivity contribution in [3.05, 3.63) is 35.4 Å². The first-order chi connectivity index (χ1) is 10.6. The van der Waals surface area contributed by atoms with E-state index in [0.717, 1.165) is 23.8 Å². The molecule has 0 N–H and O–H groups in total. The summed E-state index contributed by atoms with van der Waals surface area (Å²) in [6, 6.07) is 9.33. The van der Waals surface area contributed by atoms with E-state index in [1.54, 1.807) is 0 Å². The molecular weight excluding hydrogens is 302 g/mol. The van der Waals surface area contributed by atoms with E-state index in [-0.39, 0.29) is 18.0 Å². The second kappa shape index (κ2) is 8.64. The number of benzene rings is 1. The number of carbonyl (C=O) groups excluding carboxylic acids is 1. The van der Waals surface area contributed by atoms with Gasteiger partial charge in [0.1, 0.15) is 0 Å². The average Bonchev–Trinajstić information content (AvgIpc) is 2.42. The Morgan fingerprint density at radius 1 is 1.09 bits per heavy atom. The normalized spacial score (nSPS) is 12.0. The molecule has 0 aromatic heterocycles. The molecule has 0 bridgehead atoms. The van der Waals surface area contributed by atoms with Gasteiger partial charge in [0, 0.05) is 32.3 Å². The smallest absolute Gasteiger partial charge is 0.254 e. The molecule has 0 unspecified atom stereocenters. The maximum atomic E-state index is 12.9. The third-order valence-corrected chi connectivity index (χ3v) is 5.55. The van der Waals surface area contributed by atoms with Crippen LogP contribution in [0, 0.1) is 0 Å². The monoisotopic (exact) mass is 335 g/mol. The van der Waals surface area contributed by atoms with Crippen LogP contribution in [0.3, 0.4) is 0 Å². The Balaban J connectivity index is 2.82. The first-order valence-corrected chi connectivity index (χ1v) is 12.3. The number of amides is 1. The van der Waals surface area contributed by atoms with Crippen LogP contribution >= 0.6 is 0 Å². The summed E-state index contributed by atoms with van der Waals surface area (Å²) >= 11 is 0. The van der Waals surface area contributed by atoms with E-state index in [1.807, 2.05) is 29.2 Å². The van der Waals surface area contributed by atoms with Gasteiger partial charge in [-0.05, 0) is 45.4 Å². The molecule has 3 nitrogen and oxygen atoms in total. The van der Waals surface area contributed by atoms with Gasteiger partial charge in [-0.1, -0.05) is 37.8 Å². The number of carbonyl (C=O) groups is 1. The SMILES string of the molecule is CC(C)N(C(=O)c1ccccc1COCC[Si](C)(C)C)C(C)C. The van der Waals surface area contributed by atoms with Gasteiger partial charge in [0.2, 0.25) is 0 Å². The molecule has 0 saturated heterocycles. The zero-order chi connectivity index (χ0) is 17.6. The summed E-state index contributed by atoms with van der Waals surface area (Å²) in [5, 5.41) is 0. The lowest BCUT2D eigenvalue weighted by atomic mass is 10.1. The summed E-state index contributed by atoms with van der Waals surface area (Å²) in [5.41, 5.74) is 1.75. The van der Waals surface area contributed by atoms with Gasteiger partial charge in [-0.2, -0.15) is 0 Å². The van der Waals surface area contributed by atoms with Crippen LogP contribution < -0.4 is 0 Å². The van der Waals surface area contributed by atoms with Gasteiger partial charge in [-0.15, -0.1) is 0 Å². The van der Waals surface area contributed by atoms with E-state index >= 15 is 0 Å². The highest BCUT2D eigenvalue weighted by atomic mass is 28.3. The van der Waals surface area contributed by atoms with Gasteiger partial charge >= 0.3 is 0 Å². The van der Waals surface area contributed by atoms with Crippen molar-refractivity contribution in [2.24, 2.45) is 0 Å². The molecular formula is C19H33NO2Si. The summed E-state index contributed by atoms with van der Waals surface area (Å²) in [5.74, 6) is 0.0967. The molecule has 1 rings (SSSR count). The molecule has 0 spiro atoms. The Labute approximate surface area is 143 Å². The highest BCUT2D eigenvalue weighted by Gasteiger charge is 2.23. The van der Waals surface area contributed by atoms with Gasteiger partial charge in [0.15, 0.2) is 0 Å². The Morgan fingerprint density at radius 2 is 1.65 bits per heavy atom. The molecule has 0 aliphatic carbocycles.